The van der Waals surface area contributed by atoms with Gasteiger partial charge in [0.05, 0.1) is 10.7 Å². The number of nitrogens with one attached hydrogen (secondary N) is 1. The molecular weight excluding hydrogens is 339 g/mol. The summed E-state index contributed by atoms with van der Waals surface area (Å²) < 4.78 is 15.1. The van der Waals surface area contributed by atoms with E-state index in [9.17, 15) is 9.18 Å². The average molecular weight is 355 g/mol. The fourth-order valence-electron chi connectivity index (χ4n) is 2.53. The van der Waals surface area contributed by atoms with Crippen molar-refractivity contribution in [2.75, 3.05) is 18.6 Å². The van der Waals surface area contributed by atoms with E-state index in [1.165, 1.54) is 12.1 Å². The average Bonchev–Trinajstić information content (AvgIpc) is 3.14. The molecule has 1 aromatic heterocycles. The summed E-state index contributed by atoms with van der Waals surface area (Å²) in [6, 6.07) is 4.45. The van der Waals surface area contributed by atoms with Gasteiger partial charge in [0.15, 0.2) is 5.82 Å². The fourth-order valence-corrected chi connectivity index (χ4v) is 3.09. The second kappa shape index (κ2) is 6.88. The van der Waals surface area contributed by atoms with Gasteiger partial charge in [0, 0.05) is 31.1 Å². The van der Waals surface area contributed by atoms with E-state index in [4.69, 9.17) is 11.6 Å². The first-order valence-corrected chi connectivity index (χ1v) is 9.02. The fraction of sp³-hybridized carbons (Fsp3) is 0.400. The predicted octanol–water partition coefficient (Wildman–Crippen LogP) is 2.57. The standard InChI is InChI=1S/C15H16ClFN4OS/c1-23-5-4-13-19-15(9-6-14(22)18-8-9)21(20-13)10-2-3-12(17)11(16)7-10/h2-3,7,9H,4-6,8H2,1H3,(H,18,22)/t9-/m1/s1. The van der Waals surface area contributed by atoms with Crippen molar-refractivity contribution in [3.63, 3.8) is 0 Å². The Kier molecular flexibility index (Phi) is 4.87. The van der Waals surface area contributed by atoms with E-state index < -0.39 is 5.82 Å². The number of nitrogens with zero attached hydrogens (tertiary/aromatic N) is 3. The molecule has 122 valence electrons. The molecule has 8 heteroatoms. The van der Waals surface area contributed by atoms with Crippen LogP contribution >= 0.6 is 23.4 Å². The minimum Gasteiger partial charge on any atom is -0.355 e. The monoisotopic (exact) mass is 354 g/mol. The summed E-state index contributed by atoms with van der Waals surface area (Å²) in [5.41, 5.74) is 0.647. The topological polar surface area (TPSA) is 59.8 Å². The maximum atomic E-state index is 13.4. The molecule has 1 atom stereocenters. The summed E-state index contributed by atoms with van der Waals surface area (Å²) >= 11 is 7.60. The van der Waals surface area contributed by atoms with Crippen molar-refractivity contribution in [1.29, 1.82) is 0 Å². The van der Waals surface area contributed by atoms with Crippen LogP contribution in [0.3, 0.4) is 0 Å². The maximum Gasteiger partial charge on any atom is 0.220 e. The van der Waals surface area contributed by atoms with Crippen molar-refractivity contribution in [3.05, 3.63) is 40.7 Å². The smallest absolute Gasteiger partial charge is 0.220 e. The van der Waals surface area contributed by atoms with Gasteiger partial charge in [0.25, 0.3) is 0 Å². The van der Waals surface area contributed by atoms with Crippen LogP contribution in [0, 0.1) is 5.82 Å². The Morgan fingerprint density at radius 2 is 2.35 bits per heavy atom. The summed E-state index contributed by atoms with van der Waals surface area (Å²) in [7, 11) is 0. The third kappa shape index (κ3) is 3.50. The number of thioether (sulfide) groups is 1. The van der Waals surface area contributed by atoms with Crippen LogP contribution in [-0.2, 0) is 11.2 Å². The quantitative estimate of drug-likeness (QED) is 0.896. The highest BCUT2D eigenvalue weighted by atomic mass is 35.5. The van der Waals surface area contributed by atoms with Crippen LogP contribution < -0.4 is 5.32 Å². The lowest BCUT2D eigenvalue weighted by atomic mass is 10.1. The van der Waals surface area contributed by atoms with Gasteiger partial charge in [-0.2, -0.15) is 16.9 Å². The van der Waals surface area contributed by atoms with Gasteiger partial charge in [-0.3, -0.25) is 4.79 Å². The molecule has 1 aromatic carbocycles. The number of hydrogen-bond donors (Lipinski definition) is 1. The Balaban J connectivity index is 2.00. The summed E-state index contributed by atoms with van der Waals surface area (Å²) in [5, 5.41) is 7.38. The van der Waals surface area contributed by atoms with E-state index in [1.54, 1.807) is 22.5 Å². The van der Waals surface area contributed by atoms with Crippen LogP contribution in [0.2, 0.25) is 5.02 Å². The zero-order valence-electron chi connectivity index (χ0n) is 12.6. The van der Waals surface area contributed by atoms with Gasteiger partial charge in [0.2, 0.25) is 5.91 Å². The summed E-state index contributed by atoms with van der Waals surface area (Å²) in [4.78, 5) is 16.1. The Bertz CT molecular complexity index is 736. The molecule has 1 amide bonds. The van der Waals surface area contributed by atoms with Crippen molar-refractivity contribution in [2.24, 2.45) is 0 Å². The maximum absolute atomic E-state index is 13.4. The van der Waals surface area contributed by atoms with Crippen molar-refractivity contribution in [2.45, 2.75) is 18.8 Å². The number of hydrogen-bond acceptors (Lipinski definition) is 4. The van der Waals surface area contributed by atoms with E-state index in [0.29, 0.717) is 30.3 Å². The number of rotatable bonds is 5. The van der Waals surface area contributed by atoms with Crippen molar-refractivity contribution in [3.8, 4) is 5.69 Å². The van der Waals surface area contributed by atoms with Crippen LogP contribution in [0.15, 0.2) is 18.2 Å². The minimum absolute atomic E-state index is 0.00681. The Morgan fingerprint density at radius 3 is 3.00 bits per heavy atom. The van der Waals surface area contributed by atoms with E-state index >= 15 is 0 Å². The molecule has 0 saturated carbocycles. The zero-order valence-corrected chi connectivity index (χ0v) is 14.1. The molecule has 2 aromatic rings. The molecule has 0 unspecified atom stereocenters. The molecule has 0 spiro atoms. The van der Waals surface area contributed by atoms with E-state index in [2.05, 4.69) is 15.4 Å². The Hall–Kier alpha value is -1.60. The third-order valence-electron chi connectivity index (χ3n) is 3.70. The lowest BCUT2D eigenvalue weighted by Gasteiger charge is -2.10. The highest BCUT2D eigenvalue weighted by Crippen LogP contribution is 2.26. The number of carbonyl (C=O) groups is 1. The first-order chi connectivity index (χ1) is 11.1. The molecule has 0 bridgehead atoms. The van der Waals surface area contributed by atoms with Gasteiger partial charge < -0.3 is 5.32 Å². The zero-order chi connectivity index (χ0) is 16.4. The minimum atomic E-state index is -0.475. The van der Waals surface area contributed by atoms with Crippen LogP contribution in [0.5, 0.6) is 0 Å². The molecule has 1 fully saturated rings. The summed E-state index contributed by atoms with van der Waals surface area (Å²) in [6.07, 6.45) is 3.15. The molecule has 2 heterocycles. The van der Waals surface area contributed by atoms with Crippen LogP contribution in [0.4, 0.5) is 4.39 Å². The molecule has 0 radical (unpaired) electrons. The van der Waals surface area contributed by atoms with Gasteiger partial charge in [0.1, 0.15) is 11.6 Å². The van der Waals surface area contributed by atoms with Crippen molar-refractivity contribution in [1.82, 2.24) is 20.1 Å². The first-order valence-electron chi connectivity index (χ1n) is 7.25. The van der Waals surface area contributed by atoms with Gasteiger partial charge in [-0.15, -0.1) is 0 Å². The van der Waals surface area contributed by atoms with Gasteiger partial charge in [-0.05, 0) is 24.5 Å². The lowest BCUT2D eigenvalue weighted by Crippen LogP contribution is -2.15. The van der Waals surface area contributed by atoms with Crippen LogP contribution in [0.1, 0.15) is 24.0 Å². The first kappa shape index (κ1) is 16.3. The highest BCUT2D eigenvalue weighted by molar-refractivity contribution is 7.98. The molecular formula is C15H16ClFN4OS. The van der Waals surface area contributed by atoms with Crippen molar-refractivity contribution >= 4 is 29.3 Å². The SMILES string of the molecule is CSCCc1nc([C@H]2CNC(=O)C2)n(-c2ccc(F)c(Cl)c2)n1. The van der Waals surface area contributed by atoms with Crippen LogP contribution in [0.25, 0.3) is 5.69 Å². The Morgan fingerprint density at radius 1 is 1.52 bits per heavy atom. The molecule has 1 aliphatic rings. The van der Waals surface area contributed by atoms with Gasteiger partial charge in [-0.25, -0.2) is 14.1 Å². The molecule has 23 heavy (non-hydrogen) atoms. The van der Waals surface area contributed by atoms with Crippen molar-refractivity contribution < 1.29 is 9.18 Å². The van der Waals surface area contributed by atoms with E-state index in [0.717, 1.165) is 12.2 Å². The number of aromatic nitrogens is 3. The van der Waals surface area contributed by atoms with Crippen LogP contribution in [-0.4, -0.2) is 39.2 Å². The van der Waals surface area contributed by atoms with Gasteiger partial charge in [-0.1, -0.05) is 11.6 Å². The number of halogens is 2. The molecule has 1 N–H and O–H groups in total. The van der Waals surface area contributed by atoms with E-state index in [-0.39, 0.29) is 16.8 Å². The number of benzene rings is 1. The second-order valence-electron chi connectivity index (χ2n) is 5.34. The molecule has 5 nitrogen and oxygen atoms in total. The molecule has 1 aliphatic heterocycles. The lowest BCUT2D eigenvalue weighted by molar-refractivity contribution is -0.119. The molecule has 0 aliphatic carbocycles. The second-order valence-corrected chi connectivity index (χ2v) is 6.74. The Labute approximate surface area is 142 Å². The third-order valence-corrected chi connectivity index (χ3v) is 4.60. The summed E-state index contributed by atoms with van der Waals surface area (Å²) in [5.74, 6) is 1.83. The van der Waals surface area contributed by atoms with E-state index in [1.807, 2.05) is 6.26 Å². The number of carbonyl (C=O) groups excluding carboxylic acids is 1. The molecule has 3 rings (SSSR count). The molecule has 1 saturated heterocycles. The van der Waals surface area contributed by atoms with Gasteiger partial charge >= 0.3 is 0 Å². The largest absolute Gasteiger partial charge is 0.355 e. The predicted molar refractivity (Wildman–Crippen MR) is 88.8 cm³/mol. The highest BCUT2D eigenvalue weighted by Gasteiger charge is 2.28. The normalized spacial score (nSPS) is 17.5. The number of amides is 1. The number of aryl methyl sites for hydroxylation is 1. The summed E-state index contributed by atoms with van der Waals surface area (Å²) in [6.45, 7) is 0.536.